The third kappa shape index (κ3) is 5.57. The molecule has 1 amide bonds. The first-order chi connectivity index (χ1) is 7.33. The molecule has 1 aromatic rings. The van der Waals surface area contributed by atoms with Crippen molar-refractivity contribution in [2.45, 2.75) is 25.7 Å². The lowest BCUT2D eigenvalue weighted by Gasteiger charge is -2.04. The van der Waals surface area contributed by atoms with Crippen LogP contribution in [0.3, 0.4) is 0 Å². The van der Waals surface area contributed by atoms with Crippen molar-refractivity contribution in [1.82, 2.24) is 0 Å². The van der Waals surface area contributed by atoms with Crippen molar-refractivity contribution < 1.29 is 4.79 Å². The number of halogens is 1. The first kappa shape index (κ1) is 12.2. The molecule has 0 aliphatic rings. The van der Waals surface area contributed by atoms with Gasteiger partial charge in [0.2, 0.25) is 5.91 Å². The van der Waals surface area contributed by atoms with Crippen molar-refractivity contribution in [3.63, 3.8) is 0 Å². The first-order valence-electron chi connectivity index (χ1n) is 5.24. The minimum atomic E-state index is 0.107. The maximum absolute atomic E-state index is 11.5. The van der Waals surface area contributed by atoms with Gasteiger partial charge in [-0.25, -0.2) is 0 Å². The van der Waals surface area contributed by atoms with Crippen LogP contribution < -0.4 is 5.32 Å². The molecule has 0 saturated carbocycles. The standard InChI is InChI=1S/C12H16BrNO/c13-10-6-2-5-9-12(15)14-11-7-3-1-4-8-11/h1,3-4,7-8H,2,5-6,9-10H2,(H,14,15). The largest absolute Gasteiger partial charge is 0.326 e. The molecule has 0 heterocycles. The van der Waals surface area contributed by atoms with E-state index in [9.17, 15) is 4.79 Å². The summed E-state index contributed by atoms with van der Waals surface area (Å²) >= 11 is 3.37. The number of rotatable bonds is 6. The van der Waals surface area contributed by atoms with Gasteiger partial charge in [-0.1, -0.05) is 40.5 Å². The van der Waals surface area contributed by atoms with Gasteiger partial charge >= 0.3 is 0 Å². The molecule has 0 fully saturated rings. The second-order valence-corrected chi connectivity index (χ2v) is 4.21. The summed E-state index contributed by atoms with van der Waals surface area (Å²) in [5.41, 5.74) is 0.878. The maximum Gasteiger partial charge on any atom is 0.224 e. The second-order valence-electron chi connectivity index (χ2n) is 3.41. The summed E-state index contributed by atoms with van der Waals surface area (Å²) in [6.45, 7) is 0. The molecule has 0 spiro atoms. The molecule has 0 bridgehead atoms. The number of hydrogen-bond donors (Lipinski definition) is 1. The lowest BCUT2D eigenvalue weighted by molar-refractivity contribution is -0.116. The number of benzene rings is 1. The summed E-state index contributed by atoms with van der Waals surface area (Å²) in [4.78, 5) is 11.5. The Bertz CT molecular complexity index is 287. The van der Waals surface area contributed by atoms with Gasteiger partial charge in [-0.05, 0) is 25.0 Å². The third-order valence-corrected chi connectivity index (χ3v) is 2.66. The van der Waals surface area contributed by atoms with E-state index in [1.807, 2.05) is 30.3 Å². The van der Waals surface area contributed by atoms with Crippen LogP contribution in [-0.2, 0) is 4.79 Å². The van der Waals surface area contributed by atoms with E-state index in [4.69, 9.17) is 0 Å². The number of para-hydroxylation sites is 1. The topological polar surface area (TPSA) is 29.1 Å². The van der Waals surface area contributed by atoms with E-state index in [-0.39, 0.29) is 5.91 Å². The van der Waals surface area contributed by atoms with Gasteiger partial charge in [-0.15, -0.1) is 0 Å². The van der Waals surface area contributed by atoms with E-state index in [2.05, 4.69) is 21.2 Å². The predicted octanol–water partition coefficient (Wildman–Crippen LogP) is 3.58. The van der Waals surface area contributed by atoms with Crippen LogP contribution in [0.2, 0.25) is 0 Å². The highest BCUT2D eigenvalue weighted by atomic mass is 79.9. The van der Waals surface area contributed by atoms with Crippen LogP contribution in [0.5, 0.6) is 0 Å². The third-order valence-electron chi connectivity index (χ3n) is 2.10. The summed E-state index contributed by atoms with van der Waals surface area (Å²) in [5.74, 6) is 0.107. The van der Waals surface area contributed by atoms with Gasteiger partial charge < -0.3 is 5.32 Å². The molecular formula is C12H16BrNO. The van der Waals surface area contributed by atoms with Crippen molar-refractivity contribution in [2.24, 2.45) is 0 Å². The van der Waals surface area contributed by atoms with Gasteiger partial charge in [0.25, 0.3) is 0 Å². The fourth-order valence-corrected chi connectivity index (χ4v) is 1.70. The van der Waals surface area contributed by atoms with Gasteiger partial charge in [0.15, 0.2) is 0 Å². The van der Waals surface area contributed by atoms with Crippen LogP contribution in [0.1, 0.15) is 25.7 Å². The summed E-state index contributed by atoms with van der Waals surface area (Å²) in [5, 5.41) is 3.89. The predicted molar refractivity (Wildman–Crippen MR) is 67.3 cm³/mol. The fraction of sp³-hybridized carbons (Fsp3) is 0.417. The van der Waals surface area contributed by atoms with Crippen molar-refractivity contribution in [3.05, 3.63) is 30.3 Å². The molecule has 3 heteroatoms. The van der Waals surface area contributed by atoms with Crippen LogP contribution in [0.4, 0.5) is 5.69 Å². The Morgan fingerprint density at radius 2 is 1.87 bits per heavy atom. The quantitative estimate of drug-likeness (QED) is 0.621. The van der Waals surface area contributed by atoms with Crippen molar-refractivity contribution >= 4 is 27.5 Å². The fourth-order valence-electron chi connectivity index (χ4n) is 1.30. The minimum Gasteiger partial charge on any atom is -0.326 e. The molecule has 0 radical (unpaired) electrons. The Balaban J connectivity index is 2.19. The number of nitrogens with one attached hydrogen (secondary N) is 1. The van der Waals surface area contributed by atoms with E-state index in [0.717, 1.165) is 30.3 Å². The molecule has 1 N–H and O–H groups in total. The Hall–Kier alpha value is -0.830. The normalized spacial score (nSPS) is 9.93. The highest BCUT2D eigenvalue weighted by Gasteiger charge is 2.00. The zero-order chi connectivity index (χ0) is 10.9. The van der Waals surface area contributed by atoms with E-state index in [1.54, 1.807) is 0 Å². The Labute approximate surface area is 99.2 Å². The Morgan fingerprint density at radius 1 is 1.13 bits per heavy atom. The molecule has 0 aromatic heterocycles. The number of carbonyl (C=O) groups excluding carboxylic acids is 1. The summed E-state index contributed by atoms with van der Waals surface area (Å²) in [6.07, 6.45) is 3.82. The van der Waals surface area contributed by atoms with E-state index >= 15 is 0 Å². The molecule has 0 aliphatic carbocycles. The summed E-state index contributed by atoms with van der Waals surface area (Å²) < 4.78 is 0. The van der Waals surface area contributed by atoms with Crippen LogP contribution in [0.15, 0.2) is 30.3 Å². The van der Waals surface area contributed by atoms with Crippen molar-refractivity contribution in [1.29, 1.82) is 0 Å². The zero-order valence-electron chi connectivity index (χ0n) is 8.71. The molecule has 2 nitrogen and oxygen atoms in total. The number of carbonyl (C=O) groups is 1. The SMILES string of the molecule is O=C(CCCCCBr)Nc1ccccc1. The highest BCUT2D eigenvalue weighted by Crippen LogP contribution is 2.07. The summed E-state index contributed by atoms with van der Waals surface area (Å²) in [6, 6.07) is 9.57. The zero-order valence-corrected chi connectivity index (χ0v) is 10.3. The lowest BCUT2D eigenvalue weighted by atomic mass is 10.2. The van der Waals surface area contributed by atoms with Gasteiger partial charge in [0, 0.05) is 17.4 Å². The highest BCUT2D eigenvalue weighted by molar-refractivity contribution is 9.09. The number of hydrogen-bond acceptors (Lipinski definition) is 1. The number of amides is 1. The lowest BCUT2D eigenvalue weighted by Crippen LogP contribution is -2.10. The van der Waals surface area contributed by atoms with Crippen LogP contribution >= 0.6 is 15.9 Å². The van der Waals surface area contributed by atoms with Crippen LogP contribution in [0, 0.1) is 0 Å². The maximum atomic E-state index is 11.5. The van der Waals surface area contributed by atoms with Crippen molar-refractivity contribution in [2.75, 3.05) is 10.6 Å². The average Bonchev–Trinajstić information content (AvgIpc) is 2.26. The van der Waals surface area contributed by atoms with E-state index in [0.29, 0.717) is 6.42 Å². The number of anilines is 1. The second kappa shape index (κ2) is 7.46. The molecule has 0 aliphatic heterocycles. The molecule has 82 valence electrons. The molecule has 1 aromatic carbocycles. The first-order valence-corrected chi connectivity index (χ1v) is 6.36. The van der Waals surface area contributed by atoms with E-state index in [1.165, 1.54) is 0 Å². The van der Waals surface area contributed by atoms with Gasteiger partial charge in [-0.2, -0.15) is 0 Å². The minimum absolute atomic E-state index is 0.107. The molecule has 1 rings (SSSR count). The number of unbranched alkanes of at least 4 members (excludes halogenated alkanes) is 2. The Kier molecular flexibility index (Phi) is 6.09. The average molecular weight is 270 g/mol. The van der Waals surface area contributed by atoms with E-state index < -0.39 is 0 Å². The monoisotopic (exact) mass is 269 g/mol. The Morgan fingerprint density at radius 3 is 2.53 bits per heavy atom. The molecule has 0 atom stereocenters. The van der Waals surface area contributed by atoms with Gasteiger partial charge in [0.05, 0.1) is 0 Å². The smallest absolute Gasteiger partial charge is 0.224 e. The van der Waals surface area contributed by atoms with Gasteiger partial charge in [-0.3, -0.25) is 4.79 Å². The molecule has 15 heavy (non-hydrogen) atoms. The van der Waals surface area contributed by atoms with Gasteiger partial charge in [0.1, 0.15) is 0 Å². The van der Waals surface area contributed by atoms with Crippen LogP contribution in [0.25, 0.3) is 0 Å². The molecular weight excluding hydrogens is 254 g/mol. The molecule has 0 saturated heterocycles. The van der Waals surface area contributed by atoms with Crippen LogP contribution in [-0.4, -0.2) is 11.2 Å². The number of alkyl halides is 1. The molecule has 0 unspecified atom stereocenters. The summed E-state index contributed by atoms with van der Waals surface area (Å²) in [7, 11) is 0. The van der Waals surface area contributed by atoms with Crippen molar-refractivity contribution in [3.8, 4) is 0 Å².